The van der Waals surface area contributed by atoms with Gasteiger partial charge >= 0.3 is 0 Å². The maximum Gasteiger partial charge on any atom is 0.169 e. The number of aromatic nitrogens is 1. The van der Waals surface area contributed by atoms with Crippen LogP contribution in [0.4, 0.5) is 0 Å². The zero-order valence-electron chi connectivity index (χ0n) is 12.7. The van der Waals surface area contributed by atoms with Crippen molar-refractivity contribution < 1.29 is 33.3 Å². The average molecular weight is 403 g/mol. The van der Waals surface area contributed by atoms with E-state index in [1.807, 2.05) is 30.1 Å². The van der Waals surface area contributed by atoms with Gasteiger partial charge in [0.15, 0.2) is 12.4 Å². The third kappa shape index (κ3) is 3.47. The van der Waals surface area contributed by atoms with Crippen molar-refractivity contribution >= 4 is 22.9 Å². The molecule has 22 heavy (non-hydrogen) atoms. The van der Waals surface area contributed by atoms with Crippen LogP contribution in [-0.4, -0.2) is 7.11 Å². The van der Waals surface area contributed by atoms with Crippen molar-refractivity contribution in [1.82, 2.24) is 0 Å². The Kier molecular flexibility index (Phi) is 5.55. The number of pyridine rings is 1. The Labute approximate surface area is 148 Å². The molecule has 3 rings (SSSR count). The summed E-state index contributed by atoms with van der Waals surface area (Å²) < 4.78 is 7.53. The number of hydrogen-bond donors (Lipinski definition) is 0. The summed E-state index contributed by atoms with van der Waals surface area (Å²) in [6.45, 7) is 0. The van der Waals surface area contributed by atoms with Crippen LogP contribution in [0.25, 0.3) is 22.9 Å². The van der Waals surface area contributed by atoms with Gasteiger partial charge in [0.05, 0.1) is 7.11 Å². The Hall–Kier alpha value is -1.88. The van der Waals surface area contributed by atoms with Gasteiger partial charge in [0.1, 0.15) is 12.8 Å². The second-order valence-corrected chi connectivity index (χ2v) is 5.03. The number of benzene rings is 2. The molecule has 1 aromatic heterocycles. The summed E-state index contributed by atoms with van der Waals surface area (Å²) in [7, 11) is 3.73. The van der Waals surface area contributed by atoms with Gasteiger partial charge in [0.25, 0.3) is 0 Å². The van der Waals surface area contributed by atoms with E-state index < -0.39 is 0 Å². The molecule has 2 nitrogen and oxygen atoms in total. The smallest absolute Gasteiger partial charge is 0.169 e. The summed E-state index contributed by atoms with van der Waals surface area (Å²) in [5, 5.41) is 2.42. The van der Waals surface area contributed by atoms with Crippen LogP contribution in [0, 0.1) is 0 Å². The predicted octanol–water partition coefficient (Wildman–Crippen LogP) is 0.847. The summed E-state index contributed by atoms with van der Waals surface area (Å²) >= 11 is 0. The van der Waals surface area contributed by atoms with Crippen LogP contribution in [0.1, 0.15) is 11.1 Å². The first-order valence-corrected chi connectivity index (χ1v) is 6.97. The summed E-state index contributed by atoms with van der Waals surface area (Å²) in [5.41, 5.74) is 2.28. The largest absolute Gasteiger partial charge is 1.00 e. The second kappa shape index (κ2) is 7.40. The van der Waals surface area contributed by atoms with Crippen molar-refractivity contribution in [2.75, 3.05) is 7.11 Å². The van der Waals surface area contributed by atoms with Crippen molar-refractivity contribution in [2.45, 2.75) is 0 Å². The zero-order chi connectivity index (χ0) is 14.7. The summed E-state index contributed by atoms with van der Waals surface area (Å²) in [6.07, 6.45) is 8.32. The van der Waals surface area contributed by atoms with Crippen LogP contribution in [0.3, 0.4) is 0 Å². The summed E-state index contributed by atoms with van der Waals surface area (Å²) in [4.78, 5) is 0. The molecule has 0 fully saturated rings. The molecule has 0 aliphatic rings. The van der Waals surface area contributed by atoms with Gasteiger partial charge in [0.2, 0.25) is 0 Å². The van der Waals surface area contributed by atoms with E-state index in [0.29, 0.717) is 0 Å². The van der Waals surface area contributed by atoms with E-state index in [4.69, 9.17) is 4.74 Å². The minimum Gasteiger partial charge on any atom is -1.00 e. The highest BCUT2D eigenvalue weighted by atomic mass is 127. The molecule has 0 saturated heterocycles. The monoisotopic (exact) mass is 403 g/mol. The molecule has 112 valence electrons. The van der Waals surface area contributed by atoms with Gasteiger partial charge in [-0.05, 0) is 22.4 Å². The lowest BCUT2D eigenvalue weighted by atomic mass is 10.0. The lowest BCUT2D eigenvalue weighted by molar-refractivity contribution is -0.671. The topological polar surface area (TPSA) is 13.1 Å². The average Bonchev–Trinajstić information content (AvgIpc) is 2.54. The standard InChI is InChI=1S/C19H18NO.HI/c1-20-13-11-15(12-14-20)7-9-18-17-6-4-3-5-16(17)8-10-19(18)21-2;/h3-14H,1-2H3;1H/q+1;/p-1. The number of rotatable bonds is 3. The number of hydrogen-bond acceptors (Lipinski definition) is 1. The van der Waals surface area contributed by atoms with Crippen LogP contribution in [0.2, 0.25) is 0 Å². The van der Waals surface area contributed by atoms with Gasteiger partial charge in [-0.25, -0.2) is 4.57 Å². The van der Waals surface area contributed by atoms with Gasteiger partial charge in [0, 0.05) is 17.7 Å². The fraction of sp³-hybridized carbons (Fsp3) is 0.105. The molecule has 0 amide bonds. The van der Waals surface area contributed by atoms with E-state index in [1.54, 1.807) is 7.11 Å². The maximum absolute atomic E-state index is 5.51. The van der Waals surface area contributed by atoms with Crippen LogP contribution in [0.5, 0.6) is 5.75 Å². The fourth-order valence-electron chi connectivity index (χ4n) is 2.43. The van der Waals surface area contributed by atoms with E-state index in [-0.39, 0.29) is 24.0 Å². The Morgan fingerprint density at radius 1 is 0.909 bits per heavy atom. The number of methoxy groups -OCH3 is 1. The first-order chi connectivity index (χ1) is 10.3. The normalized spacial score (nSPS) is 10.6. The number of aryl methyl sites for hydroxylation is 1. The number of nitrogens with zero attached hydrogens (tertiary/aromatic N) is 1. The first-order valence-electron chi connectivity index (χ1n) is 6.97. The molecule has 0 N–H and O–H groups in total. The number of ether oxygens (including phenoxy) is 1. The zero-order valence-corrected chi connectivity index (χ0v) is 14.8. The minimum atomic E-state index is 0. The third-order valence-corrected chi connectivity index (χ3v) is 3.60. The molecule has 0 aliphatic carbocycles. The Morgan fingerprint density at radius 3 is 2.36 bits per heavy atom. The quantitative estimate of drug-likeness (QED) is 0.467. The van der Waals surface area contributed by atoms with Crippen molar-refractivity contribution in [3.05, 3.63) is 72.1 Å². The van der Waals surface area contributed by atoms with Gasteiger partial charge in [-0.1, -0.05) is 42.5 Å². The van der Waals surface area contributed by atoms with E-state index in [2.05, 4.69) is 54.6 Å². The van der Waals surface area contributed by atoms with Crippen molar-refractivity contribution in [3.8, 4) is 5.75 Å². The predicted molar refractivity (Wildman–Crippen MR) is 87.0 cm³/mol. The maximum atomic E-state index is 5.51. The van der Waals surface area contributed by atoms with Crippen molar-refractivity contribution in [2.24, 2.45) is 7.05 Å². The minimum absolute atomic E-state index is 0. The molecule has 0 radical (unpaired) electrons. The summed E-state index contributed by atoms with van der Waals surface area (Å²) in [5.74, 6) is 0.895. The molecule has 0 saturated carbocycles. The highest BCUT2D eigenvalue weighted by molar-refractivity contribution is 5.95. The first kappa shape index (κ1) is 16.5. The SMILES string of the molecule is COc1ccc2ccccc2c1C=Cc1cc[n+](C)cc1.[I-]. The molecule has 0 aliphatic heterocycles. The second-order valence-electron chi connectivity index (χ2n) is 5.03. The molecule has 0 bridgehead atoms. The van der Waals surface area contributed by atoms with Gasteiger partial charge in [-0.2, -0.15) is 0 Å². The van der Waals surface area contributed by atoms with Crippen LogP contribution in [-0.2, 0) is 7.05 Å². The van der Waals surface area contributed by atoms with Crippen LogP contribution < -0.4 is 33.3 Å². The van der Waals surface area contributed by atoms with E-state index in [0.717, 1.165) is 11.3 Å². The van der Waals surface area contributed by atoms with Crippen LogP contribution in [0.15, 0.2) is 60.9 Å². The van der Waals surface area contributed by atoms with E-state index in [9.17, 15) is 0 Å². The lowest BCUT2D eigenvalue weighted by Gasteiger charge is -2.08. The number of halogens is 1. The van der Waals surface area contributed by atoms with Gasteiger partial charge < -0.3 is 28.7 Å². The molecule has 0 atom stereocenters. The van der Waals surface area contributed by atoms with E-state index >= 15 is 0 Å². The van der Waals surface area contributed by atoms with Crippen LogP contribution >= 0.6 is 0 Å². The van der Waals surface area contributed by atoms with Crippen molar-refractivity contribution in [1.29, 1.82) is 0 Å². The Bertz CT molecular complexity index is 794. The Morgan fingerprint density at radius 2 is 1.64 bits per heavy atom. The molecule has 1 heterocycles. The van der Waals surface area contributed by atoms with Crippen molar-refractivity contribution in [3.63, 3.8) is 0 Å². The summed E-state index contributed by atoms with van der Waals surface area (Å²) in [6, 6.07) is 16.7. The molecular weight excluding hydrogens is 385 g/mol. The third-order valence-electron chi connectivity index (χ3n) is 3.60. The number of fused-ring (bicyclic) bond motifs is 1. The van der Waals surface area contributed by atoms with Gasteiger partial charge in [-0.15, -0.1) is 0 Å². The molecule has 2 aromatic carbocycles. The molecule has 3 aromatic rings. The highest BCUT2D eigenvalue weighted by Gasteiger charge is 2.05. The fourth-order valence-corrected chi connectivity index (χ4v) is 2.43. The molecule has 3 heteroatoms. The molecule has 0 spiro atoms. The highest BCUT2D eigenvalue weighted by Crippen LogP contribution is 2.29. The Balaban J connectivity index is 0.00000176. The molecular formula is C19H18INO. The lowest BCUT2D eigenvalue weighted by Crippen LogP contribution is -3.00. The van der Waals surface area contributed by atoms with E-state index in [1.165, 1.54) is 16.3 Å². The van der Waals surface area contributed by atoms with Gasteiger partial charge in [-0.3, -0.25) is 0 Å². The molecule has 0 unspecified atom stereocenters.